The SMILES string of the molecule is COC(=O)C(C(C)=O)c1ccc(F)cc1Br. The van der Waals surface area contributed by atoms with Crippen LogP contribution in [0.1, 0.15) is 18.4 Å². The van der Waals surface area contributed by atoms with E-state index >= 15 is 0 Å². The van der Waals surface area contributed by atoms with Crippen LogP contribution in [0.3, 0.4) is 0 Å². The molecule has 5 heteroatoms. The zero-order valence-electron chi connectivity index (χ0n) is 8.79. The monoisotopic (exact) mass is 288 g/mol. The molecule has 0 bridgehead atoms. The molecular formula is C11H10BrFO3. The lowest BCUT2D eigenvalue weighted by molar-refractivity contribution is -0.145. The van der Waals surface area contributed by atoms with Crippen molar-refractivity contribution in [3.8, 4) is 0 Å². The summed E-state index contributed by atoms with van der Waals surface area (Å²) in [6, 6.07) is 3.79. The van der Waals surface area contributed by atoms with Gasteiger partial charge in [-0.15, -0.1) is 0 Å². The molecule has 1 aromatic carbocycles. The molecule has 16 heavy (non-hydrogen) atoms. The Morgan fingerprint density at radius 3 is 2.50 bits per heavy atom. The Kier molecular flexibility index (Phi) is 4.18. The van der Waals surface area contributed by atoms with Crippen molar-refractivity contribution in [1.29, 1.82) is 0 Å². The number of rotatable bonds is 3. The Morgan fingerprint density at radius 1 is 1.44 bits per heavy atom. The average Bonchev–Trinajstić information content (AvgIpc) is 2.21. The number of ether oxygens (including phenoxy) is 1. The van der Waals surface area contributed by atoms with Gasteiger partial charge in [0.15, 0.2) is 0 Å². The standard InChI is InChI=1S/C11H10BrFO3/c1-6(14)10(11(15)16-2)8-4-3-7(13)5-9(8)12/h3-5,10H,1-2H3. The van der Waals surface area contributed by atoms with Gasteiger partial charge in [-0.1, -0.05) is 22.0 Å². The van der Waals surface area contributed by atoms with Crippen molar-refractivity contribution in [3.05, 3.63) is 34.1 Å². The second-order valence-corrected chi connectivity index (χ2v) is 4.09. The summed E-state index contributed by atoms with van der Waals surface area (Å²) in [7, 11) is 1.20. The van der Waals surface area contributed by atoms with E-state index in [2.05, 4.69) is 20.7 Å². The number of ketones is 1. The highest BCUT2D eigenvalue weighted by Gasteiger charge is 2.28. The van der Waals surface area contributed by atoms with Gasteiger partial charge < -0.3 is 4.74 Å². The van der Waals surface area contributed by atoms with Gasteiger partial charge in [0, 0.05) is 4.47 Å². The molecule has 0 aromatic heterocycles. The molecule has 0 saturated heterocycles. The Balaban J connectivity index is 3.21. The van der Waals surface area contributed by atoms with E-state index in [4.69, 9.17) is 0 Å². The minimum Gasteiger partial charge on any atom is -0.468 e. The normalized spacial score (nSPS) is 12.0. The van der Waals surface area contributed by atoms with Crippen molar-refractivity contribution in [2.24, 2.45) is 0 Å². The van der Waals surface area contributed by atoms with E-state index in [-0.39, 0.29) is 5.78 Å². The predicted octanol–water partition coefficient (Wildman–Crippen LogP) is 2.43. The van der Waals surface area contributed by atoms with E-state index in [1.165, 1.54) is 32.2 Å². The lowest BCUT2D eigenvalue weighted by Gasteiger charge is -2.13. The topological polar surface area (TPSA) is 43.4 Å². The second-order valence-electron chi connectivity index (χ2n) is 3.23. The maximum Gasteiger partial charge on any atom is 0.320 e. The van der Waals surface area contributed by atoms with Crippen molar-refractivity contribution in [2.75, 3.05) is 7.11 Å². The molecule has 3 nitrogen and oxygen atoms in total. The number of benzene rings is 1. The molecule has 0 N–H and O–H groups in total. The third-order valence-electron chi connectivity index (χ3n) is 2.12. The molecule has 0 amide bonds. The predicted molar refractivity (Wildman–Crippen MR) is 59.5 cm³/mol. The number of halogens is 2. The fraction of sp³-hybridized carbons (Fsp3) is 0.273. The number of methoxy groups -OCH3 is 1. The van der Waals surface area contributed by atoms with Gasteiger partial charge in [-0.2, -0.15) is 0 Å². The molecule has 0 radical (unpaired) electrons. The van der Waals surface area contributed by atoms with Crippen LogP contribution in [0.5, 0.6) is 0 Å². The Morgan fingerprint density at radius 2 is 2.06 bits per heavy atom. The molecule has 86 valence electrons. The number of hydrogen-bond donors (Lipinski definition) is 0. The van der Waals surface area contributed by atoms with Gasteiger partial charge in [0.25, 0.3) is 0 Å². The Labute approximate surface area is 101 Å². The lowest BCUT2D eigenvalue weighted by atomic mass is 9.95. The second kappa shape index (κ2) is 5.21. The summed E-state index contributed by atoms with van der Waals surface area (Å²) in [4.78, 5) is 22.8. The van der Waals surface area contributed by atoms with Crippen LogP contribution >= 0.6 is 15.9 Å². The van der Waals surface area contributed by atoms with E-state index in [0.29, 0.717) is 10.0 Å². The highest BCUT2D eigenvalue weighted by atomic mass is 79.9. The number of Topliss-reactive ketones (excluding diaryl/α,β-unsaturated/α-hetero) is 1. The number of hydrogen-bond acceptors (Lipinski definition) is 3. The first-order valence-corrected chi connectivity index (χ1v) is 5.30. The molecule has 1 rings (SSSR count). The van der Waals surface area contributed by atoms with Gasteiger partial charge >= 0.3 is 5.97 Å². The highest BCUT2D eigenvalue weighted by Crippen LogP contribution is 2.27. The summed E-state index contributed by atoms with van der Waals surface area (Å²) in [5, 5.41) is 0. The van der Waals surface area contributed by atoms with Gasteiger partial charge in [0.05, 0.1) is 7.11 Å². The molecule has 0 aliphatic heterocycles. The smallest absolute Gasteiger partial charge is 0.320 e. The number of carbonyl (C=O) groups excluding carboxylic acids is 2. The van der Waals surface area contributed by atoms with Gasteiger partial charge in [-0.3, -0.25) is 9.59 Å². The molecule has 1 aromatic rings. The van der Waals surface area contributed by atoms with Crippen LogP contribution < -0.4 is 0 Å². The fourth-order valence-corrected chi connectivity index (χ4v) is 1.95. The lowest BCUT2D eigenvalue weighted by Crippen LogP contribution is -2.21. The van der Waals surface area contributed by atoms with Crippen LogP contribution in [0.15, 0.2) is 22.7 Å². The first-order chi connectivity index (χ1) is 7.47. The maximum atomic E-state index is 12.9. The van der Waals surface area contributed by atoms with Crippen LogP contribution in [0, 0.1) is 5.82 Å². The number of esters is 1. The van der Waals surface area contributed by atoms with E-state index in [9.17, 15) is 14.0 Å². The van der Waals surface area contributed by atoms with E-state index in [1.54, 1.807) is 0 Å². The van der Waals surface area contributed by atoms with E-state index < -0.39 is 17.7 Å². The summed E-state index contributed by atoms with van der Waals surface area (Å²) >= 11 is 3.11. The maximum absolute atomic E-state index is 12.9. The van der Waals surface area contributed by atoms with Crippen LogP contribution in [-0.4, -0.2) is 18.9 Å². The van der Waals surface area contributed by atoms with E-state index in [1.807, 2.05) is 0 Å². The molecule has 1 atom stereocenters. The summed E-state index contributed by atoms with van der Waals surface area (Å²) in [6.45, 7) is 1.29. The van der Waals surface area contributed by atoms with E-state index in [0.717, 1.165) is 0 Å². The first kappa shape index (κ1) is 12.8. The van der Waals surface area contributed by atoms with Crippen LogP contribution in [0.4, 0.5) is 4.39 Å². The van der Waals surface area contributed by atoms with Crippen molar-refractivity contribution >= 4 is 27.7 Å². The first-order valence-electron chi connectivity index (χ1n) is 4.50. The Bertz CT molecular complexity index is 431. The molecule has 0 spiro atoms. The molecular weight excluding hydrogens is 279 g/mol. The third-order valence-corrected chi connectivity index (χ3v) is 2.80. The summed E-state index contributed by atoms with van der Waals surface area (Å²) in [5.74, 6) is -2.46. The summed E-state index contributed by atoms with van der Waals surface area (Å²) in [6.07, 6.45) is 0. The van der Waals surface area contributed by atoms with Gasteiger partial charge in [-0.25, -0.2) is 4.39 Å². The molecule has 0 aliphatic carbocycles. The molecule has 0 fully saturated rings. The van der Waals surface area contributed by atoms with Crippen molar-refractivity contribution in [3.63, 3.8) is 0 Å². The van der Waals surface area contributed by atoms with Crippen molar-refractivity contribution < 1.29 is 18.7 Å². The number of carbonyl (C=O) groups is 2. The quantitative estimate of drug-likeness (QED) is 0.634. The van der Waals surface area contributed by atoms with Crippen LogP contribution in [0.2, 0.25) is 0 Å². The summed E-state index contributed by atoms with van der Waals surface area (Å²) < 4.78 is 17.8. The van der Waals surface area contributed by atoms with Crippen LogP contribution in [0.25, 0.3) is 0 Å². The minimum atomic E-state index is -1.01. The minimum absolute atomic E-state index is 0.348. The van der Waals surface area contributed by atoms with Gasteiger partial charge in [0.2, 0.25) is 0 Å². The molecule has 0 saturated carbocycles. The Hall–Kier alpha value is -1.23. The molecule has 1 unspecified atom stereocenters. The fourth-order valence-electron chi connectivity index (χ4n) is 1.37. The van der Waals surface area contributed by atoms with Crippen LogP contribution in [-0.2, 0) is 14.3 Å². The largest absolute Gasteiger partial charge is 0.468 e. The third kappa shape index (κ3) is 2.66. The zero-order valence-corrected chi connectivity index (χ0v) is 10.4. The average molecular weight is 289 g/mol. The summed E-state index contributed by atoms with van der Waals surface area (Å²) in [5.41, 5.74) is 0.403. The highest BCUT2D eigenvalue weighted by molar-refractivity contribution is 9.10. The molecule has 0 aliphatic rings. The van der Waals surface area contributed by atoms with Crippen molar-refractivity contribution in [1.82, 2.24) is 0 Å². The van der Waals surface area contributed by atoms with Gasteiger partial charge in [0.1, 0.15) is 17.5 Å². The molecule has 0 heterocycles. The zero-order chi connectivity index (χ0) is 12.3. The van der Waals surface area contributed by atoms with Gasteiger partial charge in [-0.05, 0) is 24.6 Å². The van der Waals surface area contributed by atoms with Crippen molar-refractivity contribution in [2.45, 2.75) is 12.8 Å².